The highest BCUT2D eigenvalue weighted by atomic mass is 15.1. The van der Waals surface area contributed by atoms with E-state index in [2.05, 4.69) is 64.7 Å². The molecule has 4 rings (SSSR count). The van der Waals surface area contributed by atoms with E-state index >= 15 is 0 Å². The predicted octanol–water partition coefficient (Wildman–Crippen LogP) is 4.83. The van der Waals surface area contributed by atoms with Crippen molar-refractivity contribution in [1.82, 2.24) is 19.4 Å². The minimum atomic E-state index is 0.517. The molecule has 5 nitrogen and oxygen atoms in total. The van der Waals surface area contributed by atoms with E-state index in [1.165, 1.54) is 5.56 Å². The molecule has 0 aliphatic heterocycles. The smallest absolute Gasteiger partial charge is 0.180 e. The number of anilines is 1. The summed E-state index contributed by atoms with van der Waals surface area (Å²) in [5, 5.41) is 3.46. The number of pyridine rings is 1. The number of aryl methyl sites for hydroxylation is 1. The molecule has 0 saturated carbocycles. The number of aromatic nitrogens is 4. The van der Waals surface area contributed by atoms with Gasteiger partial charge in [0.2, 0.25) is 0 Å². The Bertz CT molecular complexity index is 1050. The first-order valence-corrected chi connectivity index (χ1v) is 9.21. The maximum absolute atomic E-state index is 4.84. The van der Waals surface area contributed by atoms with Gasteiger partial charge in [-0.2, -0.15) is 0 Å². The molecule has 1 aromatic carbocycles. The largest absolute Gasteiger partial charge is 0.367 e. The highest BCUT2D eigenvalue weighted by Gasteiger charge is 2.14. The van der Waals surface area contributed by atoms with Gasteiger partial charge in [0.1, 0.15) is 0 Å². The third-order valence-electron chi connectivity index (χ3n) is 4.49. The number of hydrogen-bond acceptors (Lipinski definition) is 4. The van der Waals surface area contributed by atoms with Crippen LogP contribution in [0.15, 0.2) is 61.2 Å². The first-order chi connectivity index (χ1) is 13.1. The summed E-state index contributed by atoms with van der Waals surface area (Å²) in [7, 11) is 0. The molecule has 0 aliphatic rings. The van der Waals surface area contributed by atoms with Gasteiger partial charge >= 0.3 is 0 Å². The van der Waals surface area contributed by atoms with Crippen molar-refractivity contribution in [3.8, 4) is 22.5 Å². The molecule has 4 aromatic rings. The van der Waals surface area contributed by atoms with E-state index in [-0.39, 0.29) is 0 Å². The third kappa shape index (κ3) is 3.53. The minimum absolute atomic E-state index is 0.517. The van der Waals surface area contributed by atoms with Crippen LogP contribution in [-0.2, 0) is 0 Å². The van der Waals surface area contributed by atoms with Crippen molar-refractivity contribution in [3.05, 3.63) is 66.7 Å². The second-order valence-corrected chi connectivity index (χ2v) is 7.19. The SMILES string of the molecule is Cc1ccc(-c2cnc3c(NCC(C)C)nc(-c4ccncc4)cn23)cc1. The third-order valence-corrected chi connectivity index (χ3v) is 4.49. The van der Waals surface area contributed by atoms with Crippen LogP contribution in [-0.4, -0.2) is 25.9 Å². The molecule has 0 unspecified atom stereocenters. The Balaban J connectivity index is 1.89. The Labute approximate surface area is 159 Å². The average molecular weight is 357 g/mol. The van der Waals surface area contributed by atoms with E-state index in [4.69, 9.17) is 4.98 Å². The highest BCUT2D eigenvalue weighted by molar-refractivity contribution is 5.74. The van der Waals surface area contributed by atoms with Crippen LogP contribution in [0.3, 0.4) is 0 Å². The summed E-state index contributed by atoms with van der Waals surface area (Å²) in [6.45, 7) is 7.30. The molecule has 0 saturated heterocycles. The summed E-state index contributed by atoms with van der Waals surface area (Å²) in [5.74, 6) is 1.32. The molecular weight excluding hydrogens is 334 g/mol. The second-order valence-electron chi connectivity index (χ2n) is 7.19. The molecule has 0 amide bonds. The molecule has 0 spiro atoms. The Kier molecular flexibility index (Phi) is 4.59. The fraction of sp³-hybridized carbons (Fsp3) is 0.227. The van der Waals surface area contributed by atoms with Crippen molar-refractivity contribution in [1.29, 1.82) is 0 Å². The lowest BCUT2D eigenvalue weighted by atomic mass is 10.1. The van der Waals surface area contributed by atoms with Crippen LogP contribution in [0.4, 0.5) is 5.82 Å². The monoisotopic (exact) mass is 357 g/mol. The first kappa shape index (κ1) is 17.2. The lowest BCUT2D eigenvalue weighted by Gasteiger charge is -2.12. The number of imidazole rings is 1. The Morgan fingerprint density at radius 2 is 1.74 bits per heavy atom. The van der Waals surface area contributed by atoms with Crippen molar-refractivity contribution >= 4 is 11.5 Å². The maximum Gasteiger partial charge on any atom is 0.180 e. The molecule has 0 atom stereocenters. The van der Waals surface area contributed by atoms with Crippen LogP contribution in [0, 0.1) is 12.8 Å². The molecule has 0 bridgehead atoms. The Hall–Kier alpha value is -3.21. The molecule has 0 aliphatic carbocycles. The number of nitrogens with zero attached hydrogens (tertiary/aromatic N) is 4. The fourth-order valence-electron chi connectivity index (χ4n) is 3.01. The van der Waals surface area contributed by atoms with Crippen LogP contribution in [0.5, 0.6) is 0 Å². The molecule has 0 fully saturated rings. The van der Waals surface area contributed by atoms with Crippen LogP contribution >= 0.6 is 0 Å². The molecule has 3 aromatic heterocycles. The van der Waals surface area contributed by atoms with Gasteiger partial charge < -0.3 is 5.32 Å². The maximum atomic E-state index is 4.84. The molecule has 1 N–H and O–H groups in total. The van der Waals surface area contributed by atoms with Crippen molar-refractivity contribution in [3.63, 3.8) is 0 Å². The lowest BCUT2D eigenvalue weighted by Crippen LogP contribution is -2.11. The zero-order valence-electron chi connectivity index (χ0n) is 15.8. The Morgan fingerprint density at radius 1 is 1.00 bits per heavy atom. The van der Waals surface area contributed by atoms with Crippen molar-refractivity contribution in [2.75, 3.05) is 11.9 Å². The summed E-state index contributed by atoms with van der Waals surface area (Å²) in [6, 6.07) is 12.5. The van der Waals surface area contributed by atoms with Crippen molar-refractivity contribution in [2.45, 2.75) is 20.8 Å². The standard InChI is InChI=1S/C22H23N5/c1-15(2)12-24-21-22-25-13-20(18-6-4-16(3)5-7-18)27(22)14-19(26-21)17-8-10-23-11-9-17/h4-11,13-15H,12H2,1-3H3,(H,24,26). The van der Waals surface area contributed by atoms with E-state index < -0.39 is 0 Å². The lowest BCUT2D eigenvalue weighted by molar-refractivity contribution is 0.687. The van der Waals surface area contributed by atoms with Gasteiger partial charge in [-0.15, -0.1) is 0 Å². The minimum Gasteiger partial charge on any atom is -0.367 e. The zero-order valence-corrected chi connectivity index (χ0v) is 15.8. The van der Waals surface area contributed by atoms with Gasteiger partial charge in [-0.05, 0) is 25.0 Å². The van der Waals surface area contributed by atoms with Crippen LogP contribution in [0.25, 0.3) is 28.2 Å². The molecular formula is C22H23N5. The van der Waals surface area contributed by atoms with Gasteiger partial charge in [0, 0.05) is 36.3 Å². The summed E-state index contributed by atoms with van der Waals surface area (Å²) >= 11 is 0. The number of nitrogens with one attached hydrogen (secondary N) is 1. The number of hydrogen-bond donors (Lipinski definition) is 1. The quantitative estimate of drug-likeness (QED) is 0.555. The Morgan fingerprint density at radius 3 is 2.44 bits per heavy atom. The molecule has 3 heterocycles. The van der Waals surface area contributed by atoms with Crippen LogP contribution in [0.1, 0.15) is 19.4 Å². The van der Waals surface area contributed by atoms with E-state index in [0.717, 1.165) is 40.5 Å². The molecule has 136 valence electrons. The van der Waals surface area contributed by atoms with Gasteiger partial charge in [0.25, 0.3) is 0 Å². The second kappa shape index (κ2) is 7.19. The van der Waals surface area contributed by atoms with Crippen LogP contribution in [0.2, 0.25) is 0 Å². The summed E-state index contributed by atoms with van der Waals surface area (Å²) in [5.41, 5.74) is 6.19. The van der Waals surface area contributed by atoms with Gasteiger partial charge in [-0.1, -0.05) is 43.7 Å². The fourth-order valence-corrected chi connectivity index (χ4v) is 3.01. The number of rotatable bonds is 5. The highest BCUT2D eigenvalue weighted by Crippen LogP contribution is 2.27. The van der Waals surface area contributed by atoms with E-state index in [1.54, 1.807) is 12.4 Å². The van der Waals surface area contributed by atoms with Crippen molar-refractivity contribution in [2.24, 2.45) is 5.92 Å². The predicted molar refractivity (Wildman–Crippen MR) is 110 cm³/mol. The normalized spacial score (nSPS) is 11.3. The van der Waals surface area contributed by atoms with Gasteiger partial charge in [0.15, 0.2) is 11.5 Å². The van der Waals surface area contributed by atoms with E-state index in [9.17, 15) is 0 Å². The van der Waals surface area contributed by atoms with Crippen molar-refractivity contribution < 1.29 is 0 Å². The topological polar surface area (TPSA) is 55.1 Å². The summed E-state index contributed by atoms with van der Waals surface area (Å²) in [6.07, 6.45) is 7.54. The van der Waals surface area contributed by atoms with E-state index in [1.807, 2.05) is 24.5 Å². The van der Waals surface area contributed by atoms with Gasteiger partial charge in [-0.3, -0.25) is 9.38 Å². The zero-order chi connectivity index (χ0) is 18.8. The number of fused-ring (bicyclic) bond motifs is 1. The summed E-state index contributed by atoms with van der Waals surface area (Å²) in [4.78, 5) is 13.6. The van der Waals surface area contributed by atoms with Gasteiger partial charge in [0.05, 0.1) is 17.6 Å². The molecule has 0 radical (unpaired) electrons. The molecule has 27 heavy (non-hydrogen) atoms. The van der Waals surface area contributed by atoms with Crippen LogP contribution < -0.4 is 5.32 Å². The van der Waals surface area contributed by atoms with E-state index in [0.29, 0.717) is 5.92 Å². The molecule has 5 heteroatoms. The first-order valence-electron chi connectivity index (χ1n) is 9.21. The van der Waals surface area contributed by atoms with Gasteiger partial charge in [-0.25, -0.2) is 9.97 Å². The number of benzene rings is 1. The summed E-state index contributed by atoms with van der Waals surface area (Å²) < 4.78 is 2.12. The average Bonchev–Trinajstić information content (AvgIpc) is 3.11.